The van der Waals surface area contributed by atoms with Crippen molar-refractivity contribution in [3.63, 3.8) is 0 Å². The summed E-state index contributed by atoms with van der Waals surface area (Å²) in [5, 5.41) is 0. The fourth-order valence-electron chi connectivity index (χ4n) is 0.901. The Bertz CT molecular complexity index is 126. The summed E-state index contributed by atoms with van der Waals surface area (Å²) in [6.45, 7) is 7.30. The predicted octanol–water partition coefficient (Wildman–Crippen LogP) is 1.28. The van der Waals surface area contributed by atoms with E-state index in [4.69, 9.17) is 5.73 Å². The Morgan fingerprint density at radius 1 is 1.75 bits per heavy atom. The molecule has 0 aromatic heterocycles. The van der Waals surface area contributed by atoms with E-state index in [1.54, 1.807) is 0 Å². The molecule has 2 N–H and O–H groups in total. The number of hydrogen-bond donors (Lipinski definition) is 1. The molecule has 0 aliphatic heterocycles. The summed E-state index contributed by atoms with van der Waals surface area (Å²) in [4.78, 5) is 0. The van der Waals surface area contributed by atoms with Gasteiger partial charge in [0.15, 0.2) is 0 Å². The molecule has 1 aliphatic carbocycles. The molecule has 0 aromatic carbocycles. The first-order chi connectivity index (χ1) is 3.75. The topological polar surface area (TPSA) is 26.0 Å². The molecule has 0 amide bonds. The Balaban J connectivity index is 2.36. The molecule has 0 bridgehead atoms. The third kappa shape index (κ3) is 0.760. The van der Waals surface area contributed by atoms with Gasteiger partial charge in [-0.1, -0.05) is 12.7 Å². The molecule has 44 valence electrons. The second-order valence-corrected chi connectivity index (χ2v) is 2.32. The van der Waals surface area contributed by atoms with Crippen molar-refractivity contribution in [1.29, 1.82) is 0 Å². The van der Waals surface area contributed by atoms with Gasteiger partial charge in [-0.15, -0.1) is 6.58 Å². The average Bonchev–Trinajstić information content (AvgIpc) is 2.42. The Morgan fingerprint density at radius 3 is 2.50 bits per heavy atom. The molecule has 8 heavy (non-hydrogen) atoms. The Labute approximate surface area is 49.9 Å². The van der Waals surface area contributed by atoms with Gasteiger partial charge in [-0.05, 0) is 12.3 Å². The van der Waals surface area contributed by atoms with Crippen LogP contribution in [0.3, 0.4) is 0 Å². The molecule has 1 unspecified atom stereocenters. The first-order valence-corrected chi connectivity index (χ1v) is 2.82. The summed E-state index contributed by atoms with van der Waals surface area (Å²) in [6, 6.07) is 0. The Hall–Kier alpha value is -0.720. The number of hydrogen-bond acceptors (Lipinski definition) is 1. The maximum atomic E-state index is 5.42. The van der Waals surface area contributed by atoms with Gasteiger partial charge in [0, 0.05) is 11.6 Å². The standard InChI is InChI=1S/C7H11N/c1-3-6-4-7(6)5(2)8/h3,6-7H,1-2,4,8H2/t6-,7?/m1/s1. The first-order valence-electron chi connectivity index (χ1n) is 2.82. The number of rotatable bonds is 2. The van der Waals surface area contributed by atoms with Crippen molar-refractivity contribution in [3.8, 4) is 0 Å². The summed E-state index contributed by atoms with van der Waals surface area (Å²) in [5.41, 5.74) is 6.24. The summed E-state index contributed by atoms with van der Waals surface area (Å²) in [7, 11) is 0. The molecule has 0 saturated heterocycles. The number of nitrogens with two attached hydrogens (primary N) is 1. The summed E-state index contributed by atoms with van der Waals surface area (Å²) in [5.74, 6) is 1.18. The minimum atomic E-state index is 0.549. The van der Waals surface area contributed by atoms with Crippen LogP contribution in [-0.2, 0) is 0 Å². The molecular weight excluding hydrogens is 98.1 g/mol. The summed E-state index contributed by atoms with van der Waals surface area (Å²) >= 11 is 0. The van der Waals surface area contributed by atoms with E-state index in [0.717, 1.165) is 5.70 Å². The number of allylic oxidation sites excluding steroid dienone is 2. The highest BCUT2D eigenvalue weighted by atomic mass is 14.6. The monoisotopic (exact) mass is 109 g/mol. The SMILES string of the molecule is C=C[C@@H]1CC1C(=C)N. The zero-order valence-electron chi connectivity index (χ0n) is 4.93. The largest absolute Gasteiger partial charge is 0.402 e. The lowest BCUT2D eigenvalue weighted by molar-refractivity contribution is 0.914. The molecule has 1 nitrogen and oxygen atoms in total. The molecule has 1 rings (SSSR count). The van der Waals surface area contributed by atoms with E-state index in [2.05, 4.69) is 13.2 Å². The van der Waals surface area contributed by atoms with Crippen LogP contribution in [0.25, 0.3) is 0 Å². The highest BCUT2D eigenvalue weighted by molar-refractivity contribution is 5.12. The second-order valence-electron chi connectivity index (χ2n) is 2.32. The van der Waals surface area contributed by atoms with Gasteiger partial charge in [0.25, 0.3) is 0 Å². The predicted molar refractivity (Wildman–Crippen MR) is 35.1 cm³/mol. The van der Waals surface area contributed by atoms with Crippen LogP contribution in [0.1, 0.15) is 6.42 Å². The molecule has 1 fully saturated rings. The normalized spacial score (nSPS) is 34.0. The molecule has 1 heteroatoms. The zero-order valence-corrected chi connectivity index (χ0v) is 4.93. The minimum Gasteiger partial charge on any atom is -0.402 e. The quantitative estimate of drug-likeness (QED) is 0.531. The lowest BCUT2D eigenvalue weighted by atomic mass is 10.3. The van der Waals surface area contributed by atoms with E-state index in [-0.39, 0.29) is 0 Å². The molecule has 1 aliphatic rings. The van der Waals surface area contributed by atoms with Gasteiger partial charge in [0.1, 0.15) is 0 Å². The van der Waals surface area contributed by atoms with Crippen LogP contribution in [0.5, 0.6) is 0 Å². The molecule has 2 atom stereocenters. The Kier molecular flexibility index (Phi) is 1.12. The van der Waals surface area contributed by atoms with Crippen molar-refractivity contribution in [2.75, 3.05) is 0 Å². The maximum absolute atomic E-state index is 5.42. The van der Waals surface area contributed by atoms with Crippen LogP contribution >= 0.6 is 0 Å². The van der Waals surface area contributed by atoms with Crippen LogP contribution in [0.15, 0.2) is 24.9 Å². The average molecular weight is 109 g/mol. The van der Waals surface area contributed by atoms with Crippen LogP contribution in [-0.4, -0.2) is 0 Å². The highest BCUT2D eigenvalue weighted by Gasteiger charge is 2.35. The van der Waals surface area contributed by atoms with Gasteiger partial charge in [0.2, 0.25) is 0 Å². The smallest absolute Gasteiger partial charge is 0.00471 e. The van der Waals surface area contributed by atoms with Gasteiger partial charge >= 0.3 is 0 Å². The molecule has 0 radical (unpaired) electrons. The van der Waals surface area contributed by atoms with Crippen molar-refractivity contribution in [3.05, 3.63) is 24.9 Å². The highest BCUT2D eigenvalue weighted by Crippen LogP contribution is 2.42. The van der Waals surface area contributed by atoms with Crippen LogP contribution in [0.4, 0.5) is 0 Å². The van der Waals surface area contributed by atoms with Crippen molar-refractivity contribution in [1.82, 2.24) is 0 Å². The summed E-state index contributed by atoms with van der Waals surface area (Å²) < 4.78 is 0. The molecule has 0 aromatic rings. The van der Waals surface area contributed by atoms with E-state index in [9.17, 15) is 0 Å². The zero-order chi connectivity index (χ0) is 6.15. The van der Waals surface area contributed by atoms with Crippen LogP contribution < -0.4 is 5.73 Å². The van der Waals surface area contributed by atoms with Crippen LogP contribution in [0.2, 0.25) is 0 Å². The van der Waals surface area contributed by atoms with Crippen molar-refractivity contribution in [2.45, 2.75) is 6.42 Å². The fraction of sp³-hybridized carbons (Fsp3) is 0.429. The lowest BCUT2D eigenvalue weighted by Gasteiger charge is -1.89. The van der Waals surface area contributed by atoms with Crippen LogP contribution in [0, 0.1) is 11.8 Å². The molecule has 0 heterocycles. The lowest BCUT2D eigenvalue weighted by Crippen LogP contribution is -1.97. The minimum absolute atomic E-state index is 0.549. The third-order valence-corrected chi connectivity index (χ3v) is 1.62. The van der Waals surface area contributed by atoms with Gasteiger partial charge in [0.05, 0.1) is 0 Å². The maximum Gasteiger partial charge on any atom is 0.00471 e. The van der Waals surface area contributed by atoms with Crippen molar-refractivity contribution < 1.29 is 0 Å². The van der Waals surface area contributed by atoms with Gasteiger partial charge in [-0.25, -0.2) is 0 Å². The molecule has 0 spiro atoms. The Morgan fingerprint density at radius 2 is 2.38 bits per heavy atom. The van der Waals surface area contributed by atoms with E-state index < -0.39 is 0 Å². The second kappa shape index (κ2) is 1.66. The van der Waals surface area contributed by atoms with E-state index >= 15 is 0 Å². The van der Waals surface area contributed by atoms with Gasteiger partial charge in [-0.2, -0.15) is 0 Å². The van der Waals surface area contributed by atoms with E-state index in [1.165, 1.54) is 6.42 Å². The van der Waals surface area contributed by atoms with Gasteiger partial charge < -0.3 is 5.73 Å². The van der Waals surface area contributed by atoms with E-state index in [0.29, 0.717) is 11.8 Å². The van der Waals surface area contributed by atoms with Gasteiger partial charge in [-0.3, -0.25) is 0 Å². The van der Waals surface area contributed by atoms with E-state index in [1.807, 2.05) is 6.08 Å². The molecule has 1 saturated carbocycles. The first kappa shape index (κ1) is 5.42. The third-order valence-electron chi connectivity index (χ3n) is 1.62. The van der Waals surface area contributed by atoms with Crippen molar-refractivity contribution >= 4 is 0 Å². The summed E-state index contributed by atoms with van der Waals surface area (Å²) in [6.07, 6.45) is 3.11. The fourth-order valence-corrected chi connectivity index (χ4v) is 0.901. The van der Waals surface area contributed by atoms with Crippen molar-refractivity contribution in [2.24, 2.45) is 17.6 Å². The molecular formula is C7H11N.